The smallest absolute Gasteiger partial charge is 0.496 e. The molecule has 31 heavy (non-hydrogen) atoms. The fraction of sp³-hybridized carbons (Fsp3) is 0.261. The van der Waals surface area contributed by atoms with E-state index < -0.39 is 11.7 Å². The summed E-state index contributed by atoms with van der Waals surface area (Å²) in [4.78, 5) is 14.5. The second-order valence-electron chi connectivity index (χ2n) is 7.28. The van der Waals surface area contributed by atoms with Crippen LogP contribution in [0.2, 0.25) is 0 Å². The van der Waals surface area contributed by atoms with Crippen LogP contribution in [0.15, 0.2) is 60.7 Å². The van der Waals surface area contributed by atoms with Gasteiger partial charge in [0.25, 0.3) is 0 Å². The van der Waals surface area contributed by atoms with Gasteiger partial charge in [0.2, 0.25) is 5.91 Å². The van der Waals surface area contributed by atoms with Gasteiger partial charge in [0.05, 0.1) is 13.2 Å². The standard InChI is InChI=1S/C23H19ClF3NO3/c1-30-20-11-8-15-4-2-3-5-17(15)21(20)19-12-18(24)22(29)28(19)13-14-6-9-16(10-7-14)31-23(25,26)27/h2-11,18-19H,12-13H2,1H3/t18-,19-/m0/s1. The molecule has 0 unspecified atom stereocenters. The van der Waals surface area contributed by atoms with E-state index in [0.29, 0.717) is 17.7 Å². The zero-order valence-corrected chi connectivity index (χ0v) is 17.3. The average Bonchev–Trinajstić information content (AvgIpc) is 3.01. The Hall–Kier alpha value is -2.93. The van der Waals surface area contributed by atoms with Gasteiger partial charge in [-0.15, -0.1) is 24.8 Å². The third-order valence-electron chi connectivity index (χ3n) is 5.35. The zero-order valence-electron chi connectivity index (χ0n) is 16.5. The van der Waals surface area contributed by atoms with Crippen LogP contribution in [0.25, 0.3) is 10.8 Å². The molecule has 0 aliphatic carbocycles. The molecule has 0 N–H and O–H groups in total. The third kappa shape index (κ3) is 4.42. The number of halogens is 4. The molecule has 8 heteroatoms. The van der Waals surface area contributed by atoms with Crippen molar-refractivity contribution in [2.24, 2.45) is 0 Å². The molecule has 1 aliphatic rings. The molecule has 162 valence electrons. The molecule has 4 nitrogen and oxygen atoms in total. The second kappa shape index (κ2) is 8.30. The molecule has 1 fully saturated rings. The summed E-state index contributed by atoms with van der Waals surface area (Å²) in [5, 5.41) is 1.28. The van der Waals surface area contributed by atoms with Crippen molar-refractivity contribution in [3.05, 3.63) is 71.8 Å². The molecule has 3 aromatic rings. The van der Waals surface area contributed by atoms with E-state index in [0.717, 1.165) is 16.3 Å². The van der Waals surface area contributed by atoms with Gasteiger partial charge in [0.1, 0.15) is 16.9 Å². The lowest BCUT2D eigenvalue weighted by Gasteiger charge is -2.27. The first kappa shape index (κ1) is 21.3. The van der Waals surface area contributed by atoms with Crippen LogP contribution in [-0.2, 0) is 11.3 Å². The van der Waals surface area contributed by atoms with Crippen molar-refractivity contribution in [2.45, 2.75) is 30.7 Å². The van der Waals surface area contributed by atoms with Gasteiger partial charge in [-0.2, -0.15) is 0 Å². The highest BCUT2D eigenvalue weighted by Gasteiger charge is 2.41. The number of fused-ring (bicyclic) bond motifs is 1. The summed E-state index contributed by atoms with van der Waals surface area (Å²) >= 11 is 6.34. The molecule has 0 spiro atoms. The van der Waals surface area contributed by atoms with Crippen molar-refractivity contribution in [3.63, 3.8) is 0 Å². The number of carbonyl (C=O) groups excluding carboxylic acids is 1. The van der Waals surface area contributed by atoms with Gasteiger partial charge in [0, 0.05) is 12.1 Å². The predicted octanol–water partition coefficient (Wildman–Crippen LogP) is 5.83. The lowest BCUT2D eigenvalue weighted by Crippen LogP contribution is -2.29. The van der Waals surface area contributed by atoms with E-state index >= 15 is 0 Å². The fourth-order valence-electron chi connectivity index (χ4n) is 4.01. The van der Waals surface area contributed by atoms with Crippen LogP contribution in [0.1, 0.15) is 23.6 Å². The number of ether oxygens (including phenoxy) is 2. The number of nitrogens with zero attached hydrogens (tertiary/aromatic N) is 1. The summed E-state index contributed by atoms with van der Waals surface area (Å²) in [5.41, 5.74) is 1.53. The first-order valence-electron chi connectivity index (χ1n) is 9.61. The minimum absolute atomic E-state index is 0.200. The molecule has 0 aromatic heterocycles. The summed E-state index contributed by atoms with van der Waals surface area (Å²) < 4.78 is 46.7. The number of amides is 1. The Balaban J connectivity index is 1.68. The van der Waals surface area contributed by atoms with E-state index in [1.807, 2.05) is 36.4 Å². The van der Waals surface area contributed by atoms with Crippen molar-refractivity contribution in [3.8, 4) is 11.5 Å². The Morgan fingerprint density at radius 1 is 1.06 bits per heavy atom. The van der Waals surface area contributed by atoms with E-state index in [-0.39, 0.29) is 24.2 Å². The number of methoxy groups -OCH3 is 1. The number of hydrogen-bond acceptors (Lipinski definition) is 3. The predicted molar refractivity (Wildman–Crippen MR) is 111 cm³/mol. The van der Waals surface area contributed by atoms with Crippen LogP contribution in [0, 0.1) is 0 Å². The summed E-state index contributed by atoms with van der Waals surface area (Å²) in [7, 11) is 1.58. The maximum atomic E-state index is 12.9. The summed E-state index contributed by atoms with van der Waals surface area (Å²) in [6.45, 7) is 0.200. The lowest BCUT2D eigenvalue weighted by atomic mass is 9.95. The van der Waals surface area contributed by atoms with Gasteiger partial charge < -0.3 is 14.4 Å². The molecule has 3 aromatic carbocycles. The van der Waals surface area contributed by atoms with Gasteiger partial charge in [0.15, 0.2) is 0 Å². The lowest BCUT2D eigenvalue weighted by molar-refractivity contribution is -0.274. The number of carbonyl (C=O) groups is 1. The maximum Gasteiger partial charge on any atom is 0.573 e. The molecule has 0 bridgehead atoms. The van der Waals surface area contributed by atoms with Gasteiger partial charge in [-0.3, -0.25) is 4.79 Å². The normalized spacial score (nSPS) is 19.1. The Bertz CT molecular complexity index is 1100. The second-order valence-corrected chi connectivity index (χ2v) is 7.81. The molecule has 1 saturated heterocycles. The van der Waals surface area contributed by atoms with Crippen LogP contribution in [0.3, 0.4) is 0 Å². The fourth-order valence-corrected chi connectivity index (χ4v) is 4.30. The molecule has 0 radical (unpaired) electrons. The molecule has 1 aliphatic heterocycles. The van der Waals surface area contributed by atoms with Gasteiger partial charge in [-0.1, -0.05) is 42.5 Å². The third-order valence-corrected chi connectivity index (χ3v) is 5.72. The van der Waals surface area contributed by atoms with Gasteiger partial charge in [-0.25, -0.2) is 0 Å². The monoisotopic (exact) mass is 449 g/mol. The number of likely N-dealkylation sites (tertiary alicyclic amines) is 1. The Labute approximate surface area is 182 Å². The van der Waals surface area contributed by atoms with E-state index in [2.05, 4.69) is 4.74 Å². The van der Waals surface area contributed by atoms with Crippen LogP contribution in [-0.4, -0.2) is 29.7 Å². The summed E-state index contributed by atoms with van der Waals surface area (Å²) in [6, 6.07) is 16.8. The van der Waals surface area contributed by atoms with E-state index in [4.69, 9.17) is 16.3 Å². The Kier molecular flexibility index (Phi) is 5.71. The van der Waals surface area contributed by atoms with Crippen molar-refractivity contribution in [1.82, 2.24) is 4.90 Å². The number of rotatable bonds is 5. The number of hydrogen-bond donors (Lipinski definition) is 0. The van der Waals surface area contributed by atoms with Crippen molar-refractivity contribution in [1.29, 1.82) is 0 Å². The highest BCUT2D eigenvalue weighted by molar-refractivity contribution is 6.31. The first-order valence-corrected chi connectivity index (χ1v) is 10.1. The van der Waals surface area contributed by atoms with Crippen LogP contribution in [0.5, 0.6) is 11.5 Å². The van der Waals surface area contributed by atoms with E-state index in [1.54, 1.807) is 12.0 Å². The largest absolute Gasteiger partial charge is 0.573 e. The van der Waals surface area contributed by atoms with Crippen LogP contribution < -0.4 is 9.47 Å². The Morgan fingerprint density at radius 2 is 1.77 bits per heavy atom. The first-order chi connectivity index (χ1) is 14.8. The molecular weight excluding hydrogens is 431 g/mol. The average molecular weight is 450 g/mol. The van der Waals surface area contributed by atoms with Crippen LogP contribution >= 0.6 is 11.6 Å². The van der Waals surface area contributed by atoms with Crippen LogP contribution in [0.4, 0.5) is 13.2 Å². The van der Waals surface area contributed by atoms with Gasteiger partial charge >= 0.3 is 6.36 Å². The summed E-state index contributed by atoms with van der Waals surface area (Å²) in [6.07, 6.45) is -4.35. The van der Waals surface area contributed by atoms with Gasteiger partial charge in [-0.05, 0) is 41.0 Å². The zero-order chi connectivity index (χ0) is 22.2. The minimum Gasteiger partial charge on any atom is -0.496 e. The quantitative estimate of drug-likeness (QED) is 0.460. The maximum absolute atomic E-state index is 12.9. The highest BCUT2D eigenvalue weighted by atomic mass is 35.5. The molecule has 2 atom stereocenters. The SMILES string of the molecule is COc1ccc2ccccc2c1[C@@H]1C[C@H](Cl)C(=O)N1Cc1ccc(OC(F)(F)F)cc1. The number of benzene rings is 3. The Morgan fingerprint density at radius 3 is 2.45 bits per heavy atom. The molecular formula is C23H19ClF3NO3. The van der Waals surface area contributed by atoms with Crippen molar-refractivity contribution >= 4 is 28.3 Å². The molecule has 1 heterocycles. The molecule has 4 rings (SSSR count). The summed E-state index contributed by atoms with van der Waals surface area (Å²) in [5.74, 6) is 0.116. The van der Waals surface area contributed by atoms with E-state index in [9.17, 15) is 18.0 Å². The minimum atomic E-state index is -4.76. The number of alkyl halides is 4. The molecule has 1 amide bonds. The molecule has 0 saturated carbocycles. The van der Waals surface area contributed by atoms with Crippen molar-refractivity contribution < 1.29 is 27.4 Å². The topological polar surface area (TPSA) is 38.8 Å². The highest BCUT2D eigenvalue weighted by Crippen LogP contribution is 2.43. The van der Waals surface area contributed by atoms with E-state index in [1.165, 1.54) is 24.3 Å². The van der Waals surface area contributed by atoms with Crippen molar-refractivity contribution in [2.75, 3.05) is 7.11 Å².